The third-order valence-electron chi connectivity index (χ3n) is 1.76. The van der Waals surface area contributed by atoms with Gasteiger partial charge in [0, 0.05) is 10.2 Å². The molecule has 0 unspecified atom stereocenters. The predicted molar refractivity (Wildman–Crippen MR) is 62.9 cm³/mol. The Labute approximate surface area is 95.8 Å². The maximum atomic E-state index is 10.7. The molecule has 0 radical (unpaired) electrons. The van der Waals surface area contributed by atoms with E-state index in [9.17, 15) is 4.79 Å². The summed E-state index contributed by atoms with van der Waals surface area (Å²) < 4.78 is 0.873. The van der Waals surface area contributed by atoms with Gasteiger partial charge in [-0.15, -0.1) is 0 Å². The van der Waals surface area contributed by atoms with Gasteiger partial charge in [0.1, 0.15) is 0 Å². The molecule has 2 nitrogen and oxygen atoms in total. The molecule has 0 aliphatic carbocycles. The molecule has 0 aromatic heterocycles. The first-order valence-corrected chi connectivity index (χ1v) is 6.19. The monoisotopic (exact) mass is 274 g/mol. The molecule has 0 bridgehead atoms. The lowest BCUT2D eigenvalue weighted by Crippen LogP contribution is -1.96. The average Bonchev–Trinajstić information content (AvgIpc) is 2.15. The summed E-state index contributed by atoms with van der Waals surface area (Å²) in [5, 5.41) is 8.75. The number of halogens is 1. The van der Waals surface area contributed by atoms with Gasteiger partial charge in [0.05, 0.1) is 5.56 Å². The van der Waals surface area contributed by atoms with Gasteiger partial charge in [-0.1, -0.05) is 28.9 Å². The van der Waals surface area contributed by atoms with Gasteiger partial charge in [0.2, 0.25) is 0 Å². The van der Waals surface area contributed by atoms with E-state index in [-0.39, 0.29) is 0 Å². The number of hydrogen-bond acceptors (Lipinski definition) is 2. The first-order chi connectivity index (χ1) is 6.65. The molecule has 0 heterocycles. The van der Waals surface area contributed by atoms with E-state index in [0.717, 1.165) is 21.5 Å². The number of hydrogen-bond donors (Lipinski definition) is 1. The van der Waals surface area contributed by atoms with E-state index in [1.54, 1.807) is 12.1 Å². The van der Waals surface area contributed by atoms with Gasteiger partial charge in [-0.05, 0) is 23.4 Å². The lowest BCUT2D eigenvalue weighted by molar-refractivity contribution is 0.0697. The minimum atomic E-state index is -0.889. The number of carboxylic acids is 1. The summed E-state index contributed by atoms with van der Waals surface area (Å²) in [7, 11) is 0. The highest BCUT2D eigenvalue weighted by molar-refractivity contribution is 9.10. The lowest BCUT2D eigenvalue weighted by Gasteiger charge is -2.04. The SMILES string of the molecule is CCSCc1ccc(C(=O)O)cc1Br. The van der Waals surface area contributed by atoms with Crippen LogP contribution in [0.1, 0.15) is 22.8 Å². The number of benzene rings is 1. The van der Waals surface area contributed by atoms with Crippen LogP contribution in [0.25, 0.3) is 0 Å². The molecular formula is C10H11BrO2S. The van der Waals surface area contributed by atoms with Crippen molar-refractivity contribution in [3.05, 3.63) is 33.8 Å². The Balaban J connectivity index is 2.84. The van der Waals surface area contributed by atoms with Crippen molar-refractivity contribution < 1.29 is 9.90 Å². The molecule has 1 N–H and O–H groups in total. The molecule has 0 aliphatic heterocycles. The van der Waals surface area contributed by atoms with Gasteiger partial charge >= 0.3 is 5.97 Å². The summed E-state index contributed by atoms with van der Waals surface area (Å²) >= 11 is 5.18. The second-order valence-electron chi connectivity index (χ2n) is 2.75. The minimum absolute atomic E-state index is 0.321. The molecular weight excluding hydrogens is 264 g/mol. The van der Waals surface area contributed by atoms with E-state index in [1.165, 1.54) is 0 Å². The van der Waals surface area contributed by atoms with Gasteiger partial charge in [-0.3, -0.25) is 0 Å². The van der Waals surface area contributed by atoms with E-state index < -0.39 is 5.97 Å². The van der Waals surface area contributed by atoms with E-state index in [1.807, 2.05) is 17.8 Å². The maximum absolute atomic E-state index is 10.7. The second kappa shape index (κ2) is 5.41. The topological polar surface area (TPSA) is 37.3 Å². The quantitative estimate of drug-likeness (QED) is 0.915. The molecule has 76 valence electrons. The minimum Gasteiger partial charge on any atom is -0.478 e. The van der Waals surface area contributed by atoms with Gasteiger partial charge in [0.25, 0.3) is 0 Å². The summed E-state index contributed by atoms with van der Waals surface area (Å²) in [4.78, 5) is 10.7. The Morgan fingerprint density at radius 2 is 2.29 bits per heavy atom. The van der Waals surface area contributed by atoms with E-state index in [4.69, 9.17) is 5.11 Å². The Bertz CT molecular complexity index is 339. The third kappa shape index (κ3) is 3.03. The summed E-state index contributed by atoms with van der Waals surface area (Å²) in [6.07, 6.45) is 0. The van der Waals surface area contributed by atoms with Crippen LogP contribution in [0, 0.1) is 0 Å². The fourth-order valence-electron chi connectivity index (χ4n) is 1.01. The molecule has 1 rings (SSSR count). The van der Waals surface area contributed by atoms with Crippen LogP contribution in [0.3, 0.4) is 0 Å². The molecule has 1 aromatic rings. The van der Waals surface area contributed by atoms with Crippen LogP contribution in [0.4, 0.5) is 0 Å². The Kier molecular flexibility index (Phi) is 4.48. The van der Waals surface area contributed by atoms with Crippen LogP contribution >= 0.6 is 27.7 Å². The normalized spacial score (nSPS) is 10.1. The van der Waals surface area contributed by atoms with Crippen LogP contribution in [-0.4, -0.2) is 16.8 Å². The molecule has 0 saturated carbocycles. The molecule has 0 fully saturated rings. The standard InChI is InChI=1S/C10H11BrO2S/c1-2-14-6-8-4-3-7(10(12)13)5-9(8)11/h3-5H,2,6H2,1H3,(H,12,13). The summed E-state index contributed by atoms with van der Waals surface area (Å²) in [5.74, 6) is 1.09. The van der Waals surface area contributed by atoms with Crippen molar-refractivity contribution in [2.24, 2.45) is 0 Å². The van der Waals surface area contributed by atoms with Crippen molar-refractivity contribution in [3.63, 3.8) is 0 Å². The van der Waals surface area contributed by atoms with Crippen LogP contribution in [-0.2, 0) is 5.75 Å². The lowest BCUT2D eigenvalue weighted by atomic mass is 10.1. The molecule has 0 atom stereocenters. The molecule has 4 heteroatoms. The first kappa shape index (κ1) is 11.6. The van der Waals surface area contributed by atoms with Gasteiger partial charge in [-0.2, -0.15) is 11.8 Å². The van der Waals surface area contributed by atoms with Crippen molar-refractivity contribution in [3.8, 4) is 0 Å². The van der Waals surface area contributed by atoms with Gasteiger partial charge in [-0.25, -0.2) is 4.79 Å². The largest absolute Gasteiger partial charge is 0.478 e. The number of aromatic carboxylic acids is 1. The third-order valence-corrected chi connectivity index (χ3v) is 3.42. The van der Waals surface area contributed by atoms with Crippen LogP contribution in [0.5, 0.6) is 0 Å². The van der Waals surface area contributed by atoms with Gasteiger partial charge < -0.3 is 5.11 Å². The van der Waals surface area contributed by atoms with Crippen molar-refractivity contribution >= 4 is 33.7 Å². The zero-order chi connectivity index (χ0) is 10.6. The Hall–Kier alpha value is -0.480. The van der Waals surface area contributed by atoms with Crippen molar-refractivity contribution in [1.82, 2.24) is 0 Å². The van der Waals surface area contributed by atoms with E-state index in [2.05, 4.69) is 22.9 Å². The van der Waals surface area contributed by atoms with Crippen molar-refractivity contribution in [2.45, 2.75) is 12.7 Å². The number of thioether (sulfide) groups is 1. The molecule has 1 aromatic carbocycles. The second-order valence-corrected chi connectivity index (χ2v) is 4.88. The fourth-order valence-corrected chi connectivity index (χ4v) is 2.39. The zero-order valence-electron chi connectivity index (χ0n) is 7.79. The van der Waals surface area contributed by atoms with E-state index >= 15 is 0 Å². The van der Waals surface area contributed by atoms with Crippen molar-refractivity contribution in [2.75, 3.05) is 5.75 Å². The Morgan fingerprint density at radius 1 is 1.57 bits per heavy atom. The fraction of sp³-hybridized carbons (Fsp3) is 0.300. The number of rotatable bonds is 4. The molecule has 0 spiro atoms. The van der Waals surface area contributed by atoms with E-state index in [0.29, 0.717) is 5.56 Å². The first-order valence-electron chi connectivity index (χ1n) is 4.24. The Morgan fingerprint density at radius 3 is 2.79 bits per heavy atom. The summed E-state index contributed by atoms with van der Waals surface area (Å²) in [6.45, 7) is 2.10. The highest BCUT2D eigenvalue weighted by Gasteiger charge is 2.06. The van der Waals surface area contributed by atoms with Crippen LogP contribution in [0.2, 0.25) is 0 Å². The van der Waals surface area contributed by atoms with Crippen LogP contribution in [0.15, 0.2) is 22.7 Å². The highest BCUT2D eigenvalue weighted by atomic mass is 79.9. The number of carbonyl (C=O) groups is 1. The smallest absolute Gasteiger partial charge is 0.335 e. The molecule has 0 aliphatic rings. The van der Waals surface area contributed by atoms with Crippen molar-refractivity contribution in [1.29, 1.82) is 0 Å². The molecule has 14 heavy (non-hydrogen) atoms. The maximum Gasteiger partial charge on any atom is 0.335 e. The predicted octanol–water partition coefficient (Wildman–Crippen LogP) is 3.40. The zero-order valence-corrected chi connectivity index (χ0v) is 10.2. The summed E-state index contributed by atoms with van der Waals surface area (Å²) in [6, 6.07) is 5.14. The number of carboxylic acid groups (broad SMARTS) is 1. The summed E-state index contributed by atoms with van der Waals surface area (Å²) in [5.41, 5.74) is 1.46. The van der Waals surface area contributed by atoms with Gasteiger partial charge in [0.15, 0.2) is 0 Å². The highest BCUT2D eigenvalue weighted by Crippen LogP contribution is 2.23. The molecule has 0 saturated heterocycles. The molecule has 0 amide bonds. The van der Waals surface area contributed by atoms with Crippen LogP contribution < -0.4 is 0 Å². The average molecular weight is 275 g/mol.